The molecule has 2 aromatic rings. The van der Waals surface area contributed by atoms with Crippen LogP contribution < -0.4 is 4.90 Å². The number of rotatable bonds is 1. The highest BCUT2D eigenvalue weighted by Gasteiger charge is 2.24. The summed E-state index contributed by atoms with van der Waals surface area (Å²) >= 11 is 3.47. The number of halogens is 1. The molecule has 1 aliphatic heterocycles. The Hall–Kier alpha value is -1.14. The summed E-state index contributed by atoms with van der Waals surface area (Å²) < 4.78 is 8.61. The van der Waals surface area contributed by atoms with Gasteiger partial charge in [0.2, 0.25) is 0 Å². The first-order chi connectivity index (χ1) is 8.63. The summed E-state index contributed by atoms with van der Waals surface area (Å²) in [5.74, 6) is 0.970. The summed E-state index contributed by atoms with van der Waals surface area (Å²) in [5.41, 5.74) is 1.02. The van der Waals surface area contributed by atoms with Crippen molar-refractivity contribution < 1.29 is 4.74 Å². The lowest BCUT2D eigenvalue weighted by Crippen LogP contribution is -2.46. The fraction of sp³-hybridized carbons (Fsp3) is 0.500. The Morgan fingerprint density at radius 2 is 2.06 bits per heavy atom. The topological polar surface area (TPSA) is 42.7 Å². The van der Waals surface area contributed by atoms with Gasteiger partial charge < -0.3 is 9.64 Å². The number of hydrogen-bond acceptors (Lipinski definition) is 4. The monoisotopic (exact) mass is 310 g/mol. The van der Waals surface area contributed by atoms with Gasteiger partial charge in [-0.15, -0.1) is 0 Å². The Morgan fingerprint density at radius 3 is 2.78 bits per heavy atom. The van der Waals surface area contributed by atoms with E-state index in [9.17, 15) is 0 Å². The number of aromatic nitrogens is 3. The van der Waals surface area contributed by atoms with Gasteiger partial charge in [-0.05, 0) is 35.8 Å². The maximum absolute atomic E-state index is 5.75. The molecule has 0 unspecified atom stereocenters. The van der Waals surface area contributed by atoms with Crippen LogP contribution in [-0.4, -0.2) is 39.9 Å². The molecule has 2 aromatic heterocycles. The Balaban J connectivity index is 2.02. The average molecular weight is 311 g/mol. The molecule has 1 fully saturated rings. The van der Waals surface area contributed by atoms with Crippen LogP contribution >= 0.6 is 15.9 Å². The van der Waals surface area contributed by atoms with Gasteiger partial charge in [0, 0.05) is 23.8 Å². The van der Waals surface area contributed by atoms with Crippen LogP contribution in [-0.2, 0) is 4.74 Å². The lowest BCUT2D eigenvalue weighted by atomic mass is 10.2. The van der Waals surface area contributed by atoms with Crippen molar-refractivity contribution >= 4 is 27.3 Å². The minimum absolute atomic E-state index is 0.224. The molecular weight excluding hydrogens is 296 g/mol. The highest BCUT2D eigenvalue weighted by molar-refractivity contribution is 9.10. The van der Waals surface area contributed by atoms with Crippen LogP contribution in [0.1, 0.15) is 13.8 Å². The molecule has 1 aliphatic rings. The van der Waals surface area contributed by atoms with Crippen molar-refractivity contribution in [1.82, 2.24) is 14.6 Å². The highest BCUT2D eigenvalue weighted by Crippen LogP contribution is 2.25. The highest BCUT2D eigenvalue weighted by atomic mass is 79.9. The van der Waals surface area contributed by atoms with Gasteiger partial charge in [-0.25, -0.2) is 9.50 Å². The van der Waals surface area contributed by atoms with E-state index in [-0.39, 0.29) is 12.2 Å². The van der Waals surface area contributed by atoms with E-state index in [1.807, 2.05) is 16.8 Å². The summed E-state index contributed by atoms with van der Waals surface area (Å²) in [6.07, 6.45) is 3.98. The third-order valence-corrected chi connectivity index (χ3v) is 3.51. The second-order valence-electron chi connectivity index (χ2n) is 4.73. The van der Waals surface area contributed by atoms with E-state index in [4.69, 9.17) is 4.74 Å². The fourth-order valence-corrected chi connectivity index (χ4v) is 2.89. The second-order valence-corrected chi connectivity index (χ2v) is 5.65. The summed E-state index contributed by atoms with van der Waals surface area (Å²) in [6.45, 7) is 5.91. The molecule has 6 heteroatoms. The number of ether oxygens (including phenoxy) is 1. The van der Waals surface area contributed by atoms with Crippen molar-refractivity contribution in [2.24, 2.45) is 0 Å². The van der Waals surface area contributed by atoms with Crippen LogP contribution in [0.15, 0.2) is 23.1 Å². The number of nitrogens with zero attached hydrogens (tertiary/aromatic N) is 4. The zero-order chi connectivity index (χ0) is 12.7. The molecule has 5 nitrogen and oxygen atoms in total. The Bertz CT molecular complexity index is 560. The molecule has 0 saturated carbocycles. The van der Waals surface area contributed by atoms with Crippen LogP contribution in [0.2, 0.25) is 0 Å². The molecule has 96 valence electrons. The quantitative estimate of drug-likeness (QED) is 0.809. The first-order valence-electron chi connectivity index (χ1n) is 6.03. The minimum Gasteiger partial charge on any atom is -0.372 e. The molecule has 0 bridgehead atoms. The van der Waals surface area contributed by atoms with Crippen molar-refractivity contribution in [2.45, 2.75) is 26.1 Å². The molecule has 0 amide bonds. The smallest absolute Gasteiger partial charge is 0.156 e. The molecule has 18 heavy (non-hydrogen) atoms. The zero-order valence-electron chi connectivity index (χ0n) is 10.4. The third-order valence-electron chi connectivity index (χ3n) is 3.07. The van der Waals surface area contributed by atoms with Crippen molar-refractivity contribution in [3.8, 4) is 0 Å². The Morgan fingerprint density at radius 1 is 1.33 bits per heavy atom. The molecule has 3 heterocycles. The van der Waals surface area contributed by atoms with E-state index in [0.29, 0.717) is 0 Å². The van der Waals surface area contributed by atoms with Gasteiger partial charge in [0.15, 0.2) is 5.82 Å². The fourth-order valence-electron chi connectivity index (χ4n) is 2.48. The van der Waals surface area contributed by atoms with Crippen LogP contribution in [0, 0.1) is 0 Å². The lowest BCUT2D eigenvalue weighted by Gasteiger charge is -2.36. The van der Waals surface area contributed by atoms with Gasteiger partial charge in [0.1, 0.15) is 11.8 Å². The van der Waals surface area contributed by atoms with Crippen LogP contribution in [0.25, 0.3) is 5.52 Å². The third kappa shape index (κ3) is 2.10. The zero-order valence-corrected chi connectivity index (χ0v) is 12.0. The molecule has 1 saturated heterocycles. The maximum Gasteiger partial charge on any atom is 0.156 e. The van der Waals surface area contributed by atoms with Crippen LogP contribution in [0.3, 0.4) is 0 Å². The maximum atomic E-state index is 5.75. The molecule has 0 N–H and O–H groups in total. The largest absolute Gasteiger partial charge is 0.372 e. The number of hydrogen-bond donors (Lipinski definition) is 0. The normalized spacial score (nSPS) is 24.7. The van der Waals surface area contributed by atoms with E-state index in [2.05, 4.69) is 44.8 Å². The van der Waals surface area contributed by atoms with Gasteiger partial charge in [-0.3, -0.25) is 0 Å². The minimum atomic E-state index is 0.224. The SMILES string of the molecule is C[C@@H]1CN(c2ncnn3cc(Br)cc23)C[C@H](C)O1. The van der Waals surface area contributed by atoms with Crippen LogP contribution in [0.5, 0.6) is 0 Å². The lowest BCUT2D eigenvalue weighted by molar-refractivity contribution is -0.00539. The predicted octanol–water partition coefficient (Wildman–Crippen LogP) is 2.11. The molecule has 0 aromatic carbocycles. The molecule has 0 spiro atoms. The van der Waals surface area contributed by atoms with Crippen molar-refractivity contribution in [3.63, 3.8) is 0 Å². The number of morpholine rings is 1. The van der Waals surface area contributed by atoms with E-state index < -0.39 is 0 Å². The molecule has 0 radical (unpaired) electrons. The molecule has 2 atom stereocenters. The Labute approximate surface area is 114 Å². The summed E-state index contributed by atoms with van der Waals surface area (Å²) in [4.78, 5) is 6.70. The Kier molecular flexibility index (Phi) is 2.99. The van der Waals surface area contributed by atoms with Crippen molar-refractivity contribution in [3.05, 3.63) is 23.1 Å². The molecule has 0 aliphatic carbocycles. The van der Waals surface area contributed by atoms with Crippen molar-refractivity contribution in [1.29, 1.82) is 0 Å². The number of anilines is 1. The summed E-state index contributed by atoms with van der Waals surface area (Å²) in [7, 11) is 0. The van der Waals surface area contributed by atoms with Crippen LogP contribution in [0.4, 0.5) is 5.82 Å². The molecular formula is C12H15BrN4O. The molecule has 3 rings (SSSR count). The van der Waals surface area contributed by atoms with Gasteiger partial charge >= 0.3 is 0 Å². The predicted molar refractivity (Wildman–Crippen MR) is 72.9 cm³/mol. The van der Waals surface area contributed by atoms with Gasteiger partial charge in [-0.1, -0.05) is 0 Å². The first-order valence-corrected chi connectivity index (χ1v) is 6.82. The standard InChI is InChI=1S/C12H15BrN4O/c1-8-4-16(5-9(2)18-8)12-11-3-10(13)6-17(11)15-7-14-12/h3,6-9H,4-5H2,1-2H3/t8-,9+. The summed E-state index contributed by atoms with van der Waals surface area (Å²) in [6, 6.07) is 2.04. The average Bonchev–Trinajstić information content (AvgIpc) is 2.67. The second kappa shape index (κ2) is 4.51. The van der Waals surface area contributed by atoms with E-state index in [1.54, 1.807) is 6.33 Å². The number of fused-ring (bicyclic) bond motifs is 1. The van der Waals surface area contributed by atoms with Gasteiger partial charge in [0.25, 0.3) is 0 Å². The van der Waals surface area contributed by atoms with Gasteiger partial charge in [0.05, 0.1) is 12.2 Å². The summed E-state index contributed by atoms with van der Waals surface area (Å²) in [5, 5.41) is 4.21. The van der Waals surface area contributed by atoms with E-state index >= 15 is 0 Å². The van der Waals surface area contributed by atoms with E-state index in [1.165, 1.54) is 0 Å². The van der Waals surface area contributed by atoms with Crippen molar-refractivity contribution in [2.75, 3.05) is 18.0 Å². The van der Waals surface area contributed by atoms with E-state index in [0.717, 1.165) is 28.9 Å². The first kappa shape index (κ1) is 11.9. The van der Waals surface area contributed by atoms with Gasteiger partial charge in [-0.2, -0.15) is 5.10 Å².